The molecule has 0 radical (unpaired) electrons. The molecule has 112 valence electrons. The first-order valence-corrected chi connectivity index (χ1v) is 7.21. The number of carbonyl (C=O) groups excluding carboxylic acids is 2. The van der Waals surface area contributed by atoms with Crippen LogP contribution in [0.25, 0.3) is 0 Å². The van der Waals surface area contributed by atoms with E-state index in [2.05, 4.69) is 4.99 Å². The maximum absolute atomic E-state index is 12.5. The van der Waals surface area contributed by atoms with Crippen LogP contribution in [0.2, 0.25) is 0 Å². The van der Waals surface area contributed by atoms with Gasteiger partial charge < -0.3 is 10.6 Å². The minimum absolute atomic E-state index is 0.00882. The van der Waals surface area contributed by atoms with E-state index in [0.717, 1.165) is 11.3 Å². The predicted molar refractivity (Wildman–Crippen MR) is 82.8 cm³/mol. The smallest absolute Gasteiger partial charge is 0.253 e. The number of aliphatic imine (C=N–C) groups is 1. The summed E-state index contributed by atoms with van der Waals surface area (Å²) < 4.78 is 0. The highest BCUT2D eigenvalue weighted by Crippen LogP contribution is 2.23. The number of amides is 2. The van der Waals surface area contributed by atoms with E-state index >= 15 is 0 Å². The number of hydrogen-bond donors (Lipinski definition) is 1. The molecule has 2 rings (SSSR count). The van der Waals surface area contributed by atoms with Crippen molar-refractivity contribution >= 4 is 23.7 Å². The number of piperidine rings is 1. The topological polar surface area (TPSA) is 75.8 Å². The molecule has 1 aromatic carbocycles. The summed E-state index contributed by atoms with van der Waals surface area (Å²) in [5, 5.41) is 0. The van der Waals surface area contributed by atoms with E-state index in [1.165, 1.54) is 0 Å². The lowest BCUT2D eigenvalue weighted by Crippen LogP contribution is -2.41. The zero-order valence-electron chi connectivity index (χ0n) is 12.5. The predicted octanol–water partition coefficient (Wildman–Crippen LogP) is 2.05. The van der Waals surface area contributed by atoms with Crippen molar-refractivity contribution in [3.63, 3.8) is 0 Å². The van der Waals surface area contributed by atoms with Gasteiger partial charge in [-0.25, -0.2) is 0 Å². The number of aryl methyl sites for hydroxylation is 1. The van der Waals surface area contributed by atoms with Gasteiger partial charge in [0.25, 0.3) is 5.91 Å². The van der Waals surface area contributed by atoms with Gasteiger partial charge in [0, 0.05) is 30.8 Å². The van der Waals surface area contributed by atoms with Gasteiger partial charge in [0.2, 0.25) is 5.91 Å². The molecular formula is C16H21N3O2. The van der Waals surface area contributed by atoms with Crippen molar-refractivity contribution in [3.05, 3.63) is 29.3 Å². The van der Waals surface area contributed by atoms with E-state index in [-0.39, 0.29) is 17.7 Å². The molecule has 0 atom stereocenters. The van der Waals surface area contributed by atoms with Crippen LogP contribution in [0.1, 0.15) is 35.7 Å². The van der Waals surface area contributed by atoms with Crippen molar-refractivity contribution in [1.29, 1.82) is 0 Å². The largest absolute Gasteiger partial charge is 0.369 e. The highest BCUT2D eigenvalue weighted by atomic mass is 16.2. The first-order valence-electron chi connectivity index (χ1n) is 7.21. The molecule has 1 aliphatic rings. The molecule has 5 nitrogen and oxygen atoms in total. The van der Waals surface area contributed by atoms with Gasteiger partial charge in [-0.1, -0.05) is 6.07 Å². The molecule has 1 heterocycles. The Bertz CT molecular complexity index is 573. The molecule has 1 aliphatic heterocycles. The number of likely N-dealkylation sites (tertiary alicyclic amines) is 1. The van der Waals surface area contributed by atoms with Crippen molar-refractivity contribution in [2.45, 2.75) is 26.7 Å². The van der Waals surface area contributed by atoms with Gasteiger partial charge >= 0.3 is 0 Å². The van der Waals surface area contributed by atoms with Gasteiger partial charge in [0.15, 0.2) is 0 Å². The maximum atomic E-state index is 12.5. The van der Waals surface area contributed by atoms with E-state index in [1.807, 2.05) is 32.0 Å². The first-order chi connectivity index (χ1) is 10.0. The van der Waals surface area contributed by atoms with Crippen LogP contribution in [-0.4, -0.2) is 36.0 Å². The number of nitrogens with zero attached hydrogens (tertiary/aromatic N) is 2. The summed E-state index contributed by atoms with van der Waals surface area (Å²) >= 11 is 0. The molecule has 21 heavy (non-hydrogen) atoms. The molecule has 0 aromatic heterocycles. The summed E-state index contributed by atoms with van der Waals surface area (Å²) in [5.74, 6) is -0.380. The third kappa shape index (κ3) is 3.48. The summed E-state index contributed by atoms with van der Waals surface area (Å²) in [5.41, 5.74) is 7.80. The summed E-state index contributed by atoms with van der Waals surface area (Å²) in [6.07, 6.45) is 3.01. The van der Waals surface area contributed by atoms with Gasteiger partial charge in [0.1, 0.15) is 0 Å². The average molecular weight is 287 g/mol. The van der Waals surface area contributed by atoms with Crippen molar-refractivity contribution < 1.29 is 9.59 Å². The summed E-state index contributed by atoms with van der Waals surface area (Å²) in [6, 6.07) is 5.55. The molecule has 1 saturated heterocycles. The molecular weight excluding hydrogens is 266 g/mol. The van der Waals surface area contributed by atoms with Crippen molar-refractivity contribution in [2.24, 2.45) is 16.6 Å². The van der Waals surface area contributed by atoms with Crippen molar-refractivity contribution in [2.75, 3.05) is 13.1 Å². The molecule has 2 amide bonds. The van der Waals surface area contributed by atoms with E-state index < -0.39 is 0 Å². The molecule has 0 unspecified atom stereocenters. The standard InChI is InChI=1S/C16H21N3O2/c1-3-18-14-10-13(5-4-11(14)2)16(21)19-8-6-12(7-9-19)15(17)20/h3-5,10,12H,6-9H2,1-2H3,(H2,17,20). The number of carbonyl (C=O) groups is 2. The van der Waals surface area contributed by atoms with Gasteiger partial charge in [-0.15, -0.1) is 0 Å². The molecule has 0 aliphatic carbocycles. The van der Waals surface area contributed by atoms with E-state index in [4.69, 9.17) is 5.73 Å². The third-order valence-electron chi connectivity index (χ3n) is 3.91. The normalized spacial score (nSPS) is 16.4. The fraction of sp³-hybridized carbons (Fsp3) is 0.438. The Morgan fingerprint density at radius 2 is 2.00 bits per heavy atom. The lowest BCUT2D eigenvalue weighted by Gasteiger charge is -2.30. The number of nitrogens with two attached hydrogens (primary N) is 1. The quantitative estimate of drug-likeness (QED) is 0.864. The van der Waals surface area contributed by atoms with Crippen LogP contribution in [0.4, 0.5) is 5.69 Å². The second kappa shape index (κ2) is 6.52. The van der Waals surface area contributed by atoms with Crippen LogP contribution in [0.3, 0.4) is 0 Å². The molecule has 0 saturated carbocycles. The summed E-state index contributed by atoms with van der Waals surface area (Å²) in [7, 11) is 0. The Kier molecular flexibility index (Phi) is 4.73. The van der Waals surface area contributed by atoms with Crippen LogP contribution in [0.5, 0.6) is 0 Å². The fourth-order valence-corrected chi connectivity index (χ4v) is 2.57. The zero-order chi connectivity index (χ0) is 15.4. The van der Waals surface area contributed by atoms with Crippen molar-refractivity contribution in [1.82, 2.24) is 4.90 Å². The first kappa shape index (κ1) is 15.2. The highest BCUT2D eigenvalue weighted by molar-refractivity contribution is 5.95. The Labute approximate surface area is 124 Å². The number of primary amides is 1. The second-order valence-electron chi connectivity index (χ2n) is 5.36. The Hall–Kier alpha value is -2.17. The molecule has 2 N–H and O–H groups in total. The van der Waals surface area contributed by atoms with Gasteiger partial charge in [0.05, 0.1) is 5.69 Å². The molecule has 5 heteroatoms. The average Bonchev–Trinajstić information content (AvgIpc) is 2.49. The van der Waals surface area contributed by atoms with Crippen LogP contribution < -0.4 is 5.73 Å². The molecule has 0 spiro atoms. The lowest BCUT2D eigenvalue weighted by atomic mass is 9.95. The second-order valence-corrected chi connectivity index (χ2v) is 5.36. The van der Waals surface area contributed by atoms with Gasteiger partial charge in [-0.2, -0.15) is 0 Å². The zero-order valence-corrected chi connectivity index (χ0v) is 12.5. The Morgan fingerprint density at radius 3 is 2.57 bits per heavy atom. The van der Waals surface area contributed by atoms with Gasteiger partial charge in [-0.3, -0.25) is 14.6 Å². The van der Waals surface area contributed by atoms with Crippen LogP contribution in [0, 0.1) is 12.8 Å². The van der Waals surface area contributed by atoms with Crippen LogP contribution in [-0.2, 0) is 4.79 Å². The Morgan fingerprint density at radius 1 is 1.33 bits per heavy atom. The SMILES string of the molecule is CC=Nc1cc(C(=O)N2CCC(C(N)=O)CC2)ccc1C. The summed E-state index contributed by atoms with van der Waals surface area (Å²) in [4.78, 5) is 29.7. The van der Waals surface area contributed by atoms with Gasteiger partial charge in [-0.05, 0) is 44.4 Å². The lowest BCUT2D eigenvalue weighted by molar-refractivity contribution is -0.123. The van der Waals surface area contributed by atoms with Crippen LogP contribution >= 0.6 is 0 Å². The number of hydrogen-bond acceptors (Lipinski definition) is 3. The highest BCUT2D eigenvalue weighted by Gasteiger charge is 2.26. The summed E-state index contributed by atoms with van der Waals surface area (Å²) in [6.45, 7) is 4.97. The van der Waals surface area contributed by atoms with Crippen LogP contribution in [0.15, 0.2) is 23.2 Å². The van der Waals surface area contributed by atoms with E-state index in [1.54, 1.807) is 11.1 Å². The number of rotatable bonds is 3. The number of benzene rings is 1. The minimum Gasteiger partial charge on any atom is -0.369 e. The molecule has 1 fully saturated rings. The van der Waals surface area contributed by atoms with Crippen molar-refractivity contribution in [3.8, 4) is 0 Å². The van der Waals surface area contributed by atoms with E-state index in [0.29, 0.717) is 31.5 Å². The monoisotopic (exact) mass is 287 g/mol. The molecule has 0 bridgehead atoms. The van der Waals surface area contributed by atoms with E-state index in [9.17, 15) is 9.59 Å². The third-order valence-corrected chi connectivity index (χ3v) is 3.91. The molecule has 1 aromatic rings. The fourth-order valence-electron chi connectivity index (χ4n) is 2.57. The maximum Gasteiger partial charge on any atom is 0.253 e. The Balaban J connectivity index is 2.11. The minimum atomic E-state index is -0.267.